The summed E-state index contributed by atoms with van der Waals surface area (Å²) in [5, 5.41) is 13.1. The molecule has 2 aromatic rings. The van der Waals surface area contributed by atoms with Crippen molar-refractivity contribution in [2.45, 2.75) is 13.5 Å². The predicted molar refractivity (Wildman–Crippen MR) is 55.9 cm³/mol. The monoisotopic (exact) mass is 218 g/mol. The second-order valence-electron chi connectivity index (χ2n) is 3.13. The number of carboxylic acid groups (broad SMARTS) is 1. The van der Waals surface area contributed by atoms with Crippen LogP contribution >= 0.6 is 0 Å². The lowest BCUT2D eigenvalue weighted by molar-refractivity contribution is 0.0683. The van der Waals surface area contributed by atoms with E-state index in [-0.39, 0.29) is 5.69 Å². The van der Waals surface area contributed by atoms with E-state index in [1.165, 1.54) is 10.7 Å². The smallest absolute Gasteiger partial charge is 0.354 e. The summed E-state index contributed by atoms with van der Waals surface area (Å²) >= 11 is 0. The number of nitrogens with zero attached hydrogens (tertiary/aromatic N) is 4. The van der Waals surface area contributed by atoms with Gasteiger partial charge in [0.15, 0.2) is 0 Å². The standard InChI is InChI=1S/C10H10N4O2/c1-2-14-9(10(15)16)5-7(13-14)8-6-11-3-4-12-8/h3-6H,2H2,1H3,(H,15,16). The molecule has 0 fully saturated rings. The molecule has 0 aliphatic rings. The van der Waals surface area contributed by atoms with E-state index < -0.39 is 5.97 Å². The number of hydrogen-bond acceptors (Lipinski definition) is 4. The molecule has 16 heavy (non-hydrogen) atoms. The zero-order valence-corrected chi connectivity index (χ0v) is 8.66. The van der Waals surface area contributed by atoms with Crippen LogP contribution in [0.4, 0.5) is 0 Å². The molecule has 0 saturated heterocycles. The fourth-order valence-electron chi connectivity index (χ4n) is 1.39. The third-order valence-corrected chi connectivity index (χ3v) is 2.12. The van der Waals surface area contributed by atoms with E-state index in [1.807, 2.05) is 6.92 Å². The fraction of sp³-hybridized carbons (Fsp3) is 0.200. The van der Waals surface area contributed by atoms with Crippen molar-refractivity contribution in [3.63, 3.8) is 0 Å². The Morgan fingerprint density at radius 1 is 1.44 bits per heavy atom. The molecule has 1 N–H and O–H groups in total. The average Bonchev–Trinajstić information content (AvgIpc) is 2.74. The minimum atomic E-state index is -0.996. The Kier molecular flexibility index (Phi) is 2.63. The molecule has 82 valence electrons. The van der Waals surface area contributed by atoms with Crippen molar-refractivity contribution in [3.05, 3.63) is 30.4 Å². The maximum absolute atomic E-state index is 10.9. The summed E-state index contributed by atoms with van der Waals surface area (Å²) in [5.41, 5.74) is 1.24. The van der Waals surface area contributed by atoms with Gasteiger partial charge in [0.25, 0.3) is 0 Å². The number of rotatable bonds is 3. The highest BCUT2D eigenvalue weighted by Gasteiger charge is 2.14. The van der Waals surface area contributed by atoms with Crippen molar-refractivity contribution < 1.29 is 9.90 Å². The maximum atomic E-state index is 10.9. The van der Waals surface area contributed by atoms with Crippen LogP contribution in [0.15, 0.2) is 24.7 Å². The highest BCUT2D eigenvalue weighted by atomic mass is 16.4. The van der Waals surface area contributed by atoms with Gasteiger partial charge in [0, 0.05) is 25.0 Å². The third-order valence-electron chi connectivity index (χ3n) is 2.12. The molecule has 0 unspecified atom stereocenters. The Morgan fingerprint density at radius 3 is 2.75 bits per heavy atom. The van der Waals surface area contributed by atoms with Crippen LogP contribution in [-0.2, 0) is 6.54 Å². The lowest BCUT2D eigenvalue weighted by atomic mass is 10.3. The minimum absolute atomic E-state index is 0.156. The first kappa shape index (κ1) is 10.3. The van der Waals surface area contributed by atoms with Crippen LogP contribution in [0.2, 0.25) is 0 Å². The highest BCUT2D eigenvalue weighted by Crippen LogP contribution is 2.15. The van der Waals surface area contributed by atoms with Crippen LogP contribution in [0, 0.1) is 0 Å². The van der Waals surface area contributed by atoms with Gasteiger partial charge in [-0.2, -0.15) is 5.10 Å². The van der Waals surface area contributed by atoms with Crippen LogP contribution in [0.3, 0.4) is 0 Å². The molecular formula is C10H10N4O2. The first-order valence-corrected chi connectivity index (χ1v) is 4.80. The minimum Gasteiger partial charge on any atom is -0.477 e. The second-order valence-corrected chi connectivity index (χ2v) is 3.13. The van der Waals surface area contributed by atoms with Gasteiger partial charge in [-0.05, 0) is 6.92 Å². The van der Waals surface area contributed by atoms with Crippen molar-refractivity contribution in [1.29, 1.82) is 0 Å². The Balaban J connectivity index is 2.48. The molecule has 0 aliphatic heterocycles. The summed E-state index contributed by atoms with van der Waals surface area (Å²) < 4.78 is 1.42. The van der Waals surface area contributed by atoms with E-state index in [0.29, 0.717) is 17.9 Å². The van der Waals surface area contributed by atoms with E-state index in [0.717, 1.165) is 0 Å². The van der Waals surface area contributed by atoms with Crippen LogP contribution in [0.5, 0.6) is 0 Å². The van der Waals surface area contributed by atoms with E-state index in [1.54, 1.807) is 18.6 Å². The van der Waals surface area contributed by atoms with Crippen molar-refractivity contribution in [1.82, 2.24) is 19.7 Å². The number of aromatic carboxylic acids is 1. The van der Waals surface area contributed by atoms with Crippen molar-refractivity contribution in [2.75, 3.05) is 0 Å². The SMILES string of the molecule is CCn1nc(-c2cnccn2)cc1C(=O)O. The van der Waals surface area contributed by atoms with E-state index in [2.05, 4.69) is 15.1 Å². The number of aryl methyl sites for hydroxylation is 1. The number of aromatic nitrogens is 4. The van der Waals surface area contributed by atoms with Gasteiger partial charge in [0.05, 0.1) is 6.20 Å². The summed E-state index contributed by atoms with van der Waals surface area (Å²) in [6.45, 7) is 2.34. The lowest BCUT2D eigenvalue weighted by Gasteiger charge is -1.97. The van der Waals surface area contributed by atoms with Crippen LogP contribution in [0.25, 0.3) is 11.4 Å². The van der Waals surface area contributed by atoms with Crippen molar-refractivity contribution in [2.24, 2.45) is 0 Å². The Hall–Kier alpha value is -2.24. The lowest BCUT2D eigenvalue weighted by Crippen LogP contribution is -2.08. The zero-order chi connectivity index (χ0) is 11.5. The van der Waals surface area contributed by atoms with Gasteiger partial charge in [-0.1, -0.05) is 0 Å². The molecule has 0 atom stereocenters. The largest absolute Gasteiger partial charge is 0.477 e. The van der Waals surface area contributed by atoms with Gasteiger partial charge >= 0.3 is 5.97 Å². The van der Waals surface area contributed by atoms with Crippen molar-refractivity contribution >= 4 is 5.97 Å². The molecule has 0 bridgehead atoms. The van der Waals surface area contributed by atoms with Gasteiger partial charge < -0.3 is 5.11 Å². The van der Waals surface area contributed by atoms with E-state index in [9.17, 15) is 4.79 Å². The normalized spacial score (nSPS) is 10.3. The Morgan fingerprint density at radius 2 is 2.25 bits per heavy atom. The molecule has 0 radical (unpaired) electrons. The molecular weight excluding hydrogens is 208 g/mol. The summed E-state index contributed by atoms with van der Waals surface area (Å²) in [7, 11) is 0. The van der Waals surface area contributed by atoms with Gasteiger partial charge in [-0.15, -0.1) is 0 Å². The first-order chi connectivity index (χ1) is 7.72. The molecule has 6 heteroatoms. The molecule has 0 amide bonds. The van der Waals surface area contributed by atoms with Crippen LogP contribution < -0.4 is 0 Å². The average molecular weight is 218 g/mol. The first-order valence-electron chi connectivity index (χ1n) is 4.80. The molecule has 0 aliphatic carbocycles. The zero-order valence-electron chi connectivity index (χ0n) is 8.66. The van der Waals surface area contributed by atoms with E-state index >= 15 is 0 Å². The molecule has 0 saturated carbocycles. The maximum Gasteiger partial charge on any atom is 0.354 e. The molecule has 0 spiro atoms. The topological polar surface area (TPSA) is 80.9 Å². The van der Waals surface area contributed by atoms with E-state index in [4.69, 9.17) is 5.11 Å². The van der Waals surface area contributed by atoms with Gasteiger partial charge in [-0.25, -0.2) is 4.79 Å². The Bertz CT molecular complexity index is 507. The molecule has 2 rings (SSSR count). The fourth-order valence-corrected chi connectivity index (χ4v) is 1.39. The number of carbonyl (C=O) groups is 1. The summed E-state index contributed by atoms with van der Waals surface area (Å²) in [6.07, 6.45) is 4.65. The summed E-state index contributed by atoms with van der Waals surface area (Å²) in [5.74, 6) is -0.996. The number of carboxylic acids is 1. The Labute approximate surface area is 91.6 Å². The summed E-state index contributed by atoms with van der Waals surface area (Å²) in [4.78, 5) is 18.9. The predicted octanol–water partition coefficient (Wildman–Crippen LogP) is 1.06. The van der Waals surface area contributed by atoms with Gasteiger partial charge in [0.1, 0.15) is 17.1 Å². The quantitative estimate of drug-likeness (QED) is 0.833. The van der Waals surface area contributed by atoms with Crippen LogP contribution in [-0.4, -0.2) is 30.8 Å². The molecule has 6 nitrogen and oxygen atoms in total. The highest BCUT2D eigenvalue weighted by molar-refractivity contribution is 5.87. The second kappa shape index (κ2) is 4.09. The molecule has 2 heterocycles. The number of hydrogen-bond donors (Lipinski definition) is 1. The molecule has 2 aromatic heterocycles. The van der Waals surface area contributed by atoms with Gasteiger partial charge in [0.2, 0.25) is 0 Å². The van der Waals surface area contributed by atoms with Crippen molar-refractivity contribution in [3.8, 4) is 11.4 Å². The summed E-state index contributed by atoms with van der Waals surface area (Å²) in [6, 6.07) is 1.50. The van der Waals surface area contributed by atoms with Gasteiger partial charge in [-0.3, -0.25) is 14.6 Å². The molecule has 0 aromatic carbocycles. The third kappa shape index (κ3) is 1.77. The van der Waals surface area contributed by atoms with Crippen LogP contribution in [0.1, 0.15) is 17.4 Å².